The molecule has 0 radical (unpaired) electrons. The number of nitrogens with zero attached hydrogens (tertiary/aromatic N) is 1. The summed E-state index contributed by atoms with van der Waals surface area (Å²) in [7, 11) is 0. The van der Waals surface area contributed by atoms with Gasteiger partial charge in [-0.05, 0) is 69.4 Å². The van der Waals surface area contributed by atoms with Crippen LogP contribution in [0.3, 0.4) is 0 Å². The molecular formula is C20H25N. The first-order valence-corrected chi connectivity index (χ1v) is 7.55. The Hall–Kier alpha value is -1.89. The molecule has 0 saturated carbocycles. The van der Waals surface area contributed by atoms with Gasteiger partial charge in [-0.15, -0.1) is 0 Å². The van der Waals surface area contributed by atoms with Crippen molar-refractivity contribution in [2.75, 3.05) is 0 Å². The normalized spacial score (nSPS) is 11.3. The molecule has 0 unspecified atom stereocenters. The van der Waals surface area contributed by atoms with E-state index in [-0.39, 0.29) is 0 Å². The molecule has 0 atom stereocenters. The fourth-order valence-electron chi connectivity index (χ4n) is 3.14. The number of hydrogen-bond donors (Lipinski definition) is 0. The summed E-state index contributed by atoms with van der Waals surface area (Å²) in [5, 5.41) is 0. The molecule has 0 N–H and O–H groups in total. The second-order valence-electron chi connectivity index (χ2n) is 6.14. The number of rotatable bonds is 3. The van der Waals surface area contributed by atoms with E-state index in [2.05, 4.69) is 72.0 Å². The largest absolute Gasteiger partial charge is 0.260 e. The highest BCUT2D eigenvalue weighted by Crippen LogP contribution is 2.25. The Morgan fingerprint density at radius 2 is 1.14 bits per heavy atom. The molecule has 0 aliphatic carbocycles. The van der Waals surface area contributed by atoms with Gasteiger partial charge in [0.2, 0.25) is 0 Å². The van der Waals surface area contributed by atoms with Crippen molar-refractivity contribution in [2.24, 2.45) is 4.99 Å². The van der Waals surface area contributed by atoms with Gasteiger partial charge in [0.15, 0.2) is 0 Å². The zero-order valence-electron chi connectivity index (χ0n) is 14.0. The summed E-state index contributed by atoms with van der Waals surface area (Å²) in [4.78, 5) is 4.72. The quantitative estimate of drug-likeness (QED) is 0.659. The number of hydrogen-bond acceptors (Lipinski definition) is 1. The minimum atomic E-state index is 0.894. The summed E-state index contributed by atoms with van der Waals surface area (Å²) >= 11 is 0. The minimum Gasteiger partial charge on any atom is -0.260 e. The number of benzene rings is 2. The van der Waals surface area contributed by atoms with E-state index in [0.29, 0.717) is 0 Å². The summed E-state index contributed by atoms with van der Waals surface area (Å²) in [5.74, 6) is 0. The van der Waals surface area contributed by atoms with E-state index in [1.165, 1.54) is 38.9 Å². The Morgan fingerprint density at radius 1 is 0.714 bits per heavy atom. The van der Waals surface area contributed by atoms with E-state index in [1.54, 1.807) is 0 Å². The van der Waals surface area contributed by atoms with Crippen molar-refractivity contribution in [2.45, 2.75) is 48.0 Å². The highest BCUT2D eigenvalue weighted by Gasteiger charge is 2.04. The van der Waals surface area contributed by atoms with Crippen LogP contribution in [0.5, 0.6) is 0 Å². The van der Waals surface area contributed by atoms with Gasteiger partial charge >= 0.3 is 0 Å². The Morgan fingerprint density at radius 3 is 1.62 bits per heavy atom. The van der Waals surface area contributed by atoms with Gasteiger partial charge in [0.25, 0.3) is 0 Å². The molecule has 21 heavy (non-hydrogen) atoms. The molecule has 0 heterocycles. The predicted octanol–water partition coefficient (Wildman–Crippen LogP) is 5.48. The molecule has 110 valence electrons. The lowest BCUT2D eigenvalue weighted by molar-refractivity contribution is 1.19. The fraction of sp³-hybridized carbons (Fsp3) is 0.350. The summed E-state index contributed by atoms with van der Waals surface area (Å²) in [6.07, 6.45) is 2.94. The maximum absolute atomic E-state index is 4.72. The Bertz CT molecular complexity index is 647. The van der Waals surface area contributed by atoms with Crippen LogP contribution in [-0.2, 0) is 6.42 Å². The Labute approximate surface area is 128 Å². The average molecular weight is 279 g/mol. The van der Waals surface area contributed by atoms with Gasteiger partial charge in [-0.2, -0.15) is 0 Å². The summed E-state index contributed by atoms with van der Waals surface area (Å²) < 4.78 is 0. The first-order valence-electron chi connectivity index (χ1n) is 7.55. The maximum Gasteiger partial charge on any atom is 0.0684 e. The van der Waals surface area contributed by atoms with Crippen molar-refractivity contribution < 1.29 is 0 Å². The van der Waals surface area contributed by atoms with Crippen LogP contribution in [-0.4, -0.2) is 6.21 Å². The van der Waals surface area contributed by atoms with Gasteiger partial charge in [-0.3, -0.25) is 4.99 Å². The van der Waals surface area contributed by atoms with Crippen molar-refractivity contribution in [3.63, 3.8) is 0 Å². The van der Waals surface area contributed by atoms with Crippen molar-refractivity contribution in [1.29, 1.82) is 0 Å². The highest BCUT2D eigenvalue weighted by atomic mass is 14.7. The SMILES string of the molecule is Cc1cc(C)c(CC=Nc2c(C)cc(C)cc2C)c(C)c1. The van der Waals surface area contributed by atoms with E-state index in [1.807, 2.05) is 0 Å². The Balaban J connectivity index is 2.25. The van der Waals surface area contributed by atoms with E-state index >= 15 is 0 Å². The summed E-state index contributed by atoms with van der Waals surface area (Å²) in [5.41, 5.74) is 10.4. The van der Waals surface area contributed by atoms with Gasteiger partial charge in [-0.1, -0.05) is 35.4 Å². The van der Waals surface area contributed by atoms with Crippen molar-refractivity contribution in [3.8, 4) is 0 Å². The molecule has 0 amide bonds. The van der Waals surface area contributed by atoms with E-state index in [0.717, 1.165) is 12.1 Å². The smallest absolute Gasteiger partial charge is 0.0684 e. The lowest BCUT2D eigenvalue weighted by Crippen LogP contribution is -1.96. The predicted molar refractivity (Wildman–Crippen MR) is 93.2 cm³/mol. The maximum atomic E-state index is 4.72. The van der Waals surface area contributed by atoms with Crippen LogP contribution in [0.4, 0.5) is 5.69 Å². The third-order valence-corrected chi connectivity index (χ3v) is 3.99. The van der Waals surface area contributed by atoms with Gasteiger partial charge in [0.05, 0.1) is 5.69 Å². The zero-order valence-corrected chi connectivity index (χ0v) is 14.0. The van der Waals surface area contributed by atoms with Crippen LogP contribution in [0.15, 0.2) is 29.3 Å². The molecule has 2 aromatic rings. The molecule has 0 aliphatic rings. The van der Waals surface area contributed by atoms with Gasteiger partial charge in [0.1, 0.15) is 0 Å². The lowest BCUT2D eigenvalue weighted by atomic mass is 9.98. The van der Waals surface area contributed by atoms with Gasteiger partial charge in [0, 0.05) is 12.6 Å². The first-order chi connectivity index (χ1) is 9.88. The highest BCUT2D eigenvalue weighted by molar-refractivity contribution is 5.70. The Kier molecular flexibility index (Phi) is 4.62. The van der Waals surface area contributed by atoms with E-state index < -0.39 is 0 Å². The van der Waals surface area contributed by atoms with Crippen LogP contribution < -0.4 is 0 Å². The second kappa shape index (κ2) is 6.26. The molecule has 0 aliphatic heterocycles. The molecule has 0 bridgehead atoms. The van der Waals surface area contributed by atoms with Crippen LogP contribution in [0.2, 0.25) is 0 Å². The monoisotopic (exact) mass is 279 g/mol. The van der Waals surface area contributed by atoms with E-state index in [9.17, 15) is 0 Å². The van der Waals surface area contributed by atoms with Crippen molar-refractivity contribution in [1.82, 2.24) is 0 Å². The molecule has 1 heteroatoms. The molecule has 0 saturated heterocycles. The molecule has 0 aromatic heterocycles. The minimum absolute atomic E-state index is 0.894. The second-order valence-corrected chi connectivity index (χ2v) is 6.14. The van der Waals surface area contributed by atoms with Crippen molar-refractivity contribution >= 4 is 11.9 Å². The molecule has 2 rings (SSSR count). The number of aliphatic imine (C=N–C) groups is 1. The summed E-state index contributed by atoms with van der Waals surface area (Å²) in [6, 6.07) is 8.89. The molecule has 2 aromatic carbocycles. The van der Waals surface area contributed by atoms with Gasteiger partial charge in [-0.25, -0.2) is 0 Å². The van der Waals surface area contributed by atoms with Crippen LogP contribution in [0, 0.1) is 41.5 Å². The molecule has 1 nitrogen and oxygen atoms in total. The van der Waals surface area contributed by atoms with E-state index in [4.69, 9.17) is 4.99 Å². The third kappa shape index (κ3) is 3.60. The van der Waals surface area contributed by atoms with Crippen LogP contribution >= 0.6 is 0 Å². The standard InChI is InChI=1S/C20H25N/c1-13-9-15(3)19(16(4)10-13)7-8-21-20-17(5)11-14(2)12-18(20)6/h8-12H,7H2,1-6H3. The van der Waals surface area contributed by atoms with Crippen LogP contribution in [0.1, 0.15) is 38.9 Å². The third-order valence-electron chi connectivity index (χ3n) is 3.99. The lowest BCUT2D eigenvalue weighted by Gasteiger charge is -2.10. The zero-order chi connectivity index (χ0) is 15.6. The van der Waals surface area contributed by atoms with Crippen LogP contribution in [0.25, 0.3) is 0 Å². The fourth-order valence-corrected chi connectivity index (χ4v) is 3.14. The van der Waals surface area contributed by atoms with Crippen molar-refractivity contribution in [3.05, 3.63) is 63.2 Å². The first kappa shape index (κ1) is 15.5. The topological polar surface area (TPSA) is 12.4 Å². The average Bonchev–Trinajstić information content (AvgIpc) is 2.34. The molecular weight excluding hydrogens is 254 g/mol. The number of aryl methyl sites for hydroxylation is 6. The van der Waals surface area contributed by atoms with Gasteiger partial charge < -0.3 is 0 Å². The molecule has 0 fully saturated rings. The summed E-state index contributed by atoms with van der Waals surface area (Å²) in [6.45, 7) is 12.9. The molecule has 0 spiro atoms.